The van der Waals surface area contributed by atoms with Gasteiger partial charge in [-0.3, -0.25) is 14.7 Å². The molecule has 0 saturated carbocycles. The smallest absolute Gasteiger partial charge is 0.237 e. The lowest BCUT2D eigenvalue weighted by molar-refractivity contribution is -0.132. The van der Waals surface area contributed by atoms with Crippen molar-refractivity contribution in [3.8, 4) is 6.07 Å². The van der Waals surface area contributed by atoms with E-state index in [0.29, 0.717) is 12.6 Å². The maximum Gasteiger partial charge on any atom is 0.237 e. The quantitative estimate of drug-likeness (QED) is 0.904. The molecule has 1 amide bonds. The highest BCUT2D eigenvalue weighted by molar-refractivity contribution is 5.91. The molecule has 2 aliphatic rings. The third-order valence-electron chi connectivity index (χ3n) is 5.61. The average Bonchev–Trinajstić information content (AvgIpc) is 3.31. The fourth-order valence-electron chi connectivity index (χ4n) is 4.18. The Morgan fingerprint density at radius 2 is 2.22 bits per heavy atom. The SMILES string of the molecule is Cc1ccc2nccc(N[C@@H]3CCN(CC(=O)N4CCC[C@H]4C#N)C3)c2c1. The molecule has 0 bridgehead atoms. The fraction of sp³-hybridized carbons (Fsp3) is 0.476. The Bertz CT molecular complexity index is 890. The summed E-state index contributed by atoms with van der Waals surface area (Å²) < 4.78 is 0. The van der Waals surface area contributed by atoms with E-state index in [9.17, 15) is 10.1 Å². The Kier molecular flexibility index (Phi) is 4.95. The zero-order valence-electron chi connectivity index (χ0n) is 15.7. The van der Waals surface area contributed by atoms with E-state index < -0.39 is 0 Å². The van der Waals surface area contributed by atoms with Crippen LogP contribution in [-0.4, -0.2) is 59.0 Å². The number of hydrogen-bond acceptors (Lipinski definition) is 5. The standard InChI is InChI=1S/C21H25N5O/c1-15-4-5-19-18(11-15)20(6-8-23-19)24-16-7-10-25(13-16)14-21(27)26-9-2-3-17(26)12-22/h4-6,8,11,16-17H,2-3,7,9-10,13-14H2,1H3,(H,23,24)/t16-,17+/m1/s1. The van der Waals surface area contributed by atoms with Gasteiger partial charge in [0.15, 0.2) is 0 Å². The van der Waals surface area contributed by atoms with E-state index >= 15 is 0 Å². The van der Waals surface area contributed by atoms with Crippen molar-refractivity contribution in [3.63, 3.8) is 0 Å². The molecule has 6 nitrogen and oxygen atoms in total. The number of pyridine rings is 1. The number of nitrogens with one attached hydrogen (secondary N) is 1. The van der Waals surface area contributed by atoms with Crippen molar-refractivity contribution in [3.05, 3.63) is 36.0 Å². The molecule has 27 heavy (non-hydrogen) atoms. The normalized spacial score (nSPS) is 22.9. The minimum Gasteiger partial charge on any atom is -0.380 e. The van der Waals surface area contributed by atoms with E-state index in [1.54, 1.807) is 4.90 Å². The topological polar surface area (TPSA) is 72.3 Å². The molecule has 140 valence electrons. The van der Waals surface area contributed by atoms with Gasteiger partial charge in [0.25, 0.3) is 0 Å². The van der Waals surface area contributed by atoms with Crippen molar-refractivity contribution in [1.82, 2.24) is 14.8 Å². The Morgan fingerprint density at radius 3 is 3.07 bits per heavy atom. The van der Waals surface area contributed by atoms with Crippen LogP contribution in [0.15, 0.2) is 30.5 Å². The number of rotatable bonds is 4. The first-order valence-electron chi connectivity index (χ1n) is 9.67. The van der Waals surface area contributed by atoms with E-state index in [4.69, 9.17) is 0 Å². The van der Waals surface area contributed by atoms with Gasteiger partial charge in [-0.25, -0.2) is 0 Å². The minimum absolute atomic E-state index is 0.0877. The summed E-state index contributed by atoms with van der Waals surface area (Å²) in [4.78, 5) is 20.9. The van der Waals surface area contributed by atoms with Gasteiger partial charge in [0.1, 0.15) is 6.04 Å². The van der Waals surface area contributed by atoms with Gasteiger partial charge in [-0.2, -0.15) is 5.26 Å². The summed E-state index contributed by atoms with van der Waals surface area (Å²) in [5, 5.41) is 14.0. The number of fused-ring (bicyclic) bond motifs is 1. The lowest BCUT2D eigenvalue weighted by Crippen LogP contribution is -2.42. The van der Waals surface area contributed by atoms with Gasteiger partial charge in [0.2, 0.25) is 5.91 Å². The van der Waals surface area contributed by atoms with Crippen LogP contribution in [-0.2, 0) is 4.79 Å². The number of carbonyl (C=O) groups excluding carboxylic acids is 1. The Balaban J connectivity index is 1.38. The second-order valence-corrected chi connectivity index (χ2v) is 7.62. The van der Waals surface area contributed by atoms with Gasteiger partial charge in [0, 0.05) is 42.9 Å². The maximum absolute atomic E-state index is 12.6. The monoisotopic (exact) mass is 363 g/mol. The average molecular weight is 363 g/mol. The summed E-state index contributed by atoms with van der Waals surface area (Å²) in [5.74, 6) is 0.0877. The molecular weight excluding hydrogens is 338 g/mol. The van der Waals surface area contributed by atoms with Gasteiger partial charge in [0.05, 0.1) is 18.1 Å². The highest BCUT2D eigenvalue weighted by Gasteiger charge is 2.31. The second kappa shape index (κ2) is 7.53. The highest BCUT2D eigenvalue weighted by atomic mass is 16.2. The number of nitriles is 1. The maximum atomic E-state index is 12.6. The number of likely N-dealkylation sites (tertiary alicyclic amines) is 2. The van der Waals surface area contributed by atoms with Crippen molar-refractivity contribution in [2.24, 2.45) is 0 Å². The molecule has 0 unspecified atom stereocenters. The van der Waals surface area contributed by atoms with E-state index in [2.05, 4.69) is 46.4 Å². The van der Waals surface area contributed by atoms with Crippen LogP contribution in [0.4, 0.5) is 5.69 Å². The van der Waals surface area contributed by atoms with Crippen LogP contribution in [0.1, 0.15) is 24.8 Å². The number of amides is 1. The lowest BCUT2D eigenvalue weighted by atomic mass is 10.1. The van der Waals surface area contributed by atoms with Gasteiger partial charge in [-0.05, 0) is 44.4 Å². The van der Waals surface area contributed by atoms with E-state index in [0.717, 1.165) is 55.5 Å². The summed E-state index contributed by atoms with van der Waals surface area (Å²) in [6.07, 6.45) is 4.58. The number of hydrogen-bond donors (Lipinski definition) is 1. The van der Waals surface area contributed by atoms with Gasteiger partial charge in [-0.1, -0.05) is 11.6 Å². The van der Waals surface area contributed by atoms with E-state index in [-0.39, 0.29) is 11.9 Å². The largest absolute Gasteiger partial charge is 0.380 e. The van der Waals surface area contributed by atoms with Gasteiger partial charge >= 0.3 is 0 Å². The number of aryl methyl sites for hydroxylation is 1. The van der Waals surface area contributed by atoms with Crippen molar-refractivity contribution < 1.29 is 4.79 Å². The van der Waals surface area contributed by atoms with Crippen molar-refractivity contribution in [1.29, 1.82) is 5.26 Å². The summed E-state index contributed by atoms with van der Waals surface area (Å²) in [6.45, 7) is 4.95. The van der Waals surface area contributed by atoms with Gasteiger partial charge < -0.3 is 10.2 Å². The first kappa shape index (κ1) is 17.7. The van der Waals surface area contributed by atoms with E-state index in [1.165, 1.54) is 5.56 Å². The number of anilines is 1. The van der Waals surface area contributed by atoms with Crippen LogP contribution in [0, 0.1) is 18.3 Å². The van der Waals surface area contributed by atoms with Crippen LogP contribution >= 0.6 is 0 Å². The molecular formula is C21H25N5O. The molecule has 1 N–H and O–H groups in total. The predicted molar refractivity (Wildman–Crippen MR) is 105 cm³/mol. The van der Waals surface area contributed by atoms with Gasteiger partial charge in [-0.15, -0.1) is 0 Å². The van der Waals surface area contributed by atoms with Crippen LogP contribution in [0.3, 0.4) is 0 Å². The van der Waals surface area contributed by atoms with Crippen molar-refractivity contribution in [2.45, 2.75) is 38.3 Å². The summed E-state index contributed by atoms with van der Waals surface area (Å²) >= 11 is 0. The first-order valence-corrected chi connectivity index (χ1v) is 9.67. The molecule has 4 rings (SSSR count). The molecule has 0 radical (unpaired) electrons. The number of benzene rings is 1. The molecule has 0 spiro atoms. The zero-order chi connectivity index (χ0) is 18.8. The molecule has 1 aromatic heterocycles. The molecule has 6 heteroatoms. The van der Waals surface area contributed by atoms with Crippen molar-refractivity contribution in [2.75, 3.05) is 31.5 Å². The third-order valence-corrected chi connectivity index (χ3v) is 5.61. The number of aromatic nitrogens is 1. The van der Waals surface area contributed by atoms with Crippen LogP contribution in [0.2, 0.25) is 0 Å². The highest BCUT2D eigenvalue weighted by Crippen LogP contribution is 2.25. The Morgan fingerprint density at radius 1 is 1.33 bits per heavy atom. The summed E-state index contributed by atoms with van der Waals surface area (Å²) in [6, 6.07) is 10.6. The molecule has 2 aromatic rings. The Labute approximate surface area is 159 Å². The molecule has 2 fully saturated rings. The predicted octanol–water partition coefficient (Wildman–Crippen LogP) is 2.54. The summed E-state index contributed by atoms with van der Waals surface area (Å²) in [7, 11) is 0. The molecule has 0 aliphatic carbocycles. The lowest BCUT2D eigenvalue weighted by Gasteiger charge is -2.23. The minimum atomic E-state index is -0.236. The van der Waals surface area contributed by atoms with Crippen LogP contribution in [0.5, 0.6) is 0 Å². The molecule has 1 aromatic carbocycles. The molecule has 3 heterocycles. The number of nitrogens with zero attached hydrogens (tertiary/aromatic N) is 4. The molecule has 2 aliphatic heterocycles. The third kappa shape index (κ3) is 3.74. The molecule has 2 saturated heterocycles. The second-order valence-electron chi connectivity index (χ2n) is 7.62. The van der Waals surface area contributed by atoms with Crippen molar-refractivity contribution >= 4 is 22.5 Å². The number of carbonyl (C=O) groups is 1. The molecule has 2 atom stereocenters. The van der Waals surface area contributed by atoms with Crippen LogP contribution in [0.25, 0.3) is 10.9 Å². The summed E-state index contributed by atoms with van der Waals surface area (Å²) in [5.41, 5.74) is 3.31. The van der Waals surface area contributed by atoms with Crippen LogP contribution < -0.4 is 5.32 Å². The zero-order valence-corrected chi connectivity index (χ0v) is 15.7. The first-order chi connectivity index (χ1) is 13.1. The Hall–Kier alpha value is -2.65. The fourth-order valence-corrected chi connectivity index (χ4v) is 4.18. The van der Waals surface area contributed by atoms with E-state index in [1.807, 2.05) is 12.3 Å².